The van der Waals surface area contributed by atoms with Gasteiger partial charge in [-0.25, -0.2) is 4.57 Å². The Hall–Kier alpha value is -0.990. The lowest BCUT2D eigenvalue weighted by Gasteiger charge is -2.15. The highest BCUT2D eigenvalue weighted by Gasteiger charge is 2.23. The van der Waals surface area contributed by atoms with E-state index in [0.717, 1.165) is 32.1 Å². The Morgan fingerprint density at radius 2 is 1.15 bits per heavy atom. The van der Waals surface area contributed by atoms with Crippen LogP contribution in [0.1, 0.15) is 149 Å². The maximum Gasteiger partial charge on any atom is 0.472 e. The summed E-state index contributed by atoms with van der Waals surface area (Å²) < 4.78 is 26.3. The molecule has 0 saturated heterocycles. The van der Waals surface area contributed by atoms with Crippen LogP contribution in [-0.4, -0.2) is 54.3 Å². The number of carbonyl (C=O) groups is 2. The number of aliphatic hydroxyl groups excluding tert-OH is 1. The fourth-order valence-electron chi connectivity index (χ4n) is 4.30. The summed E-state index contributed by atoms with van der Waals surface area (Å²) in [7, 11) is -4.38. The zero-order valence-corrected chi connectivity index (χ0v) is 26.4. The molecular formula is C30H60NO8P. The van der Waals surface area contributed by atoms with Gasteiger partial charge in [0.1, 0.15) is 12.7 Å². The molecule has 0 fully saturated rings. The lowest BCUT2D eigenvalue weighted by Crippen LogP contribution is -2.27. The fraction of sp³-hybridized carbons (Fsp3) is 0.933. The normalized spacial score (nSPS) is 13.6. The smallest absolute Gasteiger partial charge is 0.463 e. The van der Waals surface area contributed by atoms with Crippen LogP contribution in [0.15, 0.2) is 0 Å². The second kappa shape index (κ2) is 28.1. The van der Waals surface area contributed by atoms with E-state index < -0.39 is 26.5 Å². The summed E-state index contributed by atoms with van der Waals surface area (Å²) in [6, 6.07) is 0. The molecule has 0 aromatic carbocycles. The zero-order chi connectivity index (χ0) is 29.7. The first-order valence-electron chi connectivity index (χ1n) is 16.0. The Balaban J connectivity index is 3.53. The van der Waals surface area contributed by atoms with Crippen molar-refractivity contribution in [3.05, 3.63) is 0 Å². The van der Waals surface area contributed by atoms with Crippen LogP contribution in [0, 0.1) is 0 Å². The molecule has 0 rings (SSSR count). The van der Waals surface area contributed by atoms with Crippen LogP contribution in [0.25, 0.3) is 0 Å². The first-order valence-corrected chi connectivity index (χ1v) is 17.5. The molecule has 0 aliphatic rings. The van der Waals surface area contributed by atoms with Crippen molar-refractivity contribution in [2.24, 2.45) is 0 Å². The molecule has 0 radical (unpaired) electrons. The number of amides is 1. The number of hydrogen-bond acceptors (Lipinski definition) is 7. The number of aliphatic hydroxyl groups is 1. The van der Waals surface area contributed by atoms with Gasteiger partial charge in [0.2, 0.25) is 5.91 Å². The second-order valence-electron chi connectivity index (χ2n) is 10.8. The predicted molar refractivity (Wildman–Crippen MR) is 160 cm³/mol. The Morgan fingerprint density at radius 1 is 0.675 bits per heavy atom. The molecule has 40 heavy (non-hydrogen) atoms. The lowest BCUT2D eigenvalue weighted by molar-refractivity contribution is -0.147. The molecule has 9 nitrogen and oxygen atoms in total. The summed E-state index contributed by atoms with van der Waals surface area (Å²) in [6.07, 6.45) is 22.8. The fourth-order valence-corrected chi connectivity index (χ4v) is 5.06. The lowest BCUT2D eigenvalue weighted by atomic mass is 10.0. The minimum Gasteiger partial charge on any atom is -0.463 e. The van der Waals surface area contributed by atoms with E-state index in [4.69, 9.17) is 13.8 Å². The highest BCUT2D eigenvalue weighted by atomic mass is 31.2. The van der Waals surface area contributed by atoms with Gasteiger partial charge in [-0.05, 0) is 12.8 Å². The third-order valence-corrected chi connectivity index (χ3v) is 7.77. The molecular weight excluding hydrogens is 533 g/mol. The van der Waals surface area contributed by atoms with Gasteiger partial charge in [-0.3, -0.25) is 18.6 Å². The number of hydrogen-bond donors (Lipinski definition) is 3. The molecule has 0 saturated carbocycles. The van der Waals surface area contributed by atoms with E-state index in [1.54, 1.807) is 0 Å². The van der Waals surface area contributed by atoms with Gasteiger partial charge in [-0.1, -0.05) is 123 Å². The van der Waals surface area contributed by atoms with Crippen molar-refractivity contribution in [2.45, 2.75) is 155 Å². The number of nitrogens with one attached hydrogen (secondary N) is 1. The molecule has 3 N–H and O–H groups in total. The molecule has 0 aromatic heterocycles. The number of phosphoric acid groups is 1. The first-order chi connectivity index (χ1) is 19.3. The van der Waals surface area contributed by atoms with Gasteiger partial charge >= 0.3 is 13.8 Å². The molecule has 1 amide bonds. The maximum absolute atomic E-state index is 11.9. The van der Waals surface area contributed by atoms with Crippen LogP contribution < -0.4 is 5.32 Å². The van der Waals surface area contributed by atoms with Gasteiger partial charge in [0.15, 0.2) is 0 Å². The largest absolute Gasteiger partial charge is 0.472 e. The summed E-state index contributed by atoms with van der Waals surface area (Å²) in [6.45, 7) is 3.30. The molecule has 0 aliphatic heterocycles. The van der Waals surface area contributed by atoms with E-state index >= 15 is 0 Å². The van der Waals surface area contributed by atoms with Crippen LogP contribution in [-0.2, 0) is 27.9 Å². The number of unbranched alkanes of at least 4 members (excludes halogenated alkanes) is 17. The molecule has 10 heteroatoms. The highest BCUT2D eigenvalue weighted by Crippen LogP contribution is 2.42. The average Bonchev–Trinajstić information content (AvgIpc) is 2.93. The Bertz CT molecular complexity index is 649. The Kier molecular flexibility index (Phi) is 27.4. The summed E-state index contributed by atoms with van der Waals surface area (Å²) in [5.41, 5.74) is 0. The summed E-state index contributed by atoms with van der Waals surface area (Å²) in [5, 5.41) is 12.4. The number of phosphoric ester groups is 1. The topological polar surface area (TPSA) is 131 Å². The van der Waals surface area contributed by atoms with E-state index in [-0.39, 0.29) is 32.1 Å². The molecule has 0 spiro atoms. The molecule has 0 aromatic rings. The van der Waals surface area contributed by atoms with Crippen molar-refractivity contribution in [3.8, 4) is 0 Å². The standard InChI is InChI=1S/C30H60NO8P/c1-3-5-7-8-9-10-11-12-13-14-15-16-17-18-19-20-21-23-30(34)37-26-28(32)27-39-40(35,36)38-25-24-31-29(33)22-6-4-2/h28,32H,3-27H2,1-2H3,(H,31,33)(H,35,36). The van der Waals surface area contributed by atoms with E-state index in [0.29, 0.717) is 6.42 Å². The zero-order valence-electron chi connectivity index (χ0n) is 25.5. The van der Waals surface area contributed by atoms with Crippen LogP contribution in [0.3, 0.4) is 0 Å². The number of esters is 1. The average molecular weight is 594 g/mol. The van der Waals surface area contributed by atoms with Crippen molar-refractivity contribution in [1.82, 2.24) is 5.32 Å². The summed E-state index contributed by atoms with van der Waals surface area (Å²) in [4.78, 5) is 33.0. The number of rotatable bonds is 30. The minimum absolute atomic E-state index is 0.0794. The Morgan fingerprint density at radius 3 is 1.65 bits per heavy atom. The Labute approximate surface area is 244 Å². The van der Waals surface area contributed by atoms with Gasteiger partial charge < -0.3 is 20.1 Å². The quantitative estimate of drug-likeness (QED) is 0.0447. The van der Waals surface area contributed by atoms with Crippen molar-refractivity contribution in [2.75, 3.05) is 26.4 Å². The predicted octanol–water partition coefficient (Wildman–Crippen LogP) is 7.37. The molecule has 0 heterocycles. The van der Waals surface area contributed by atoms with Crippen molar-refractivity contribution in [1.29, 1.82) is 0 Å². The maximum atomic E-state index is 11.9. The summed E-state index contributed by atoms with van der Waals surface area (Å²) >= 11 is 0. The monoisotopic (exact) mass is 593 g/mol. The minimum atomic E-state index is -4.38. The molecule has 238 valence electrons. The molecule has 0 aliphatic carbocycles. The van der Waals surface area contributed by atoms with Crippen molar-refractivity contribution < 1.29 is 37.9 Å². The van der Waals surface area contributed by atoms with Crippen LogP contribution >= 0.6 is 7.82 Å². The third-order valence-electron chi connectivity index (χ3n) is 6.79. The van der Waals surface area contributed by atoms with E-state index in [1.807, 2.05) is 6.92 Å². The second-order valence-corrected chi connectivity index (χ2v) is 12.2. The van der Waals surface area contributed by atoms with E-state index in [1.165, 1.54) is 89.9 Å². The number of carbonyl (C=O) groups excluding carboxylic acids is 2. The van der Waals surface area contributed by atoms with E-state index in [2.05, 4.69) is 12.2 Å². The molecule has 2 atom stereocenters. The van der Waals surface area contributed by atoms with Gasteiger partial charge in [-0.15, -0.1) is 0 Å². The summed E-state index contributed by atoms with van der Waals surface area (Å²) in [5.74, 6) is -0.548. The molecule has 0 bridgehead atoms. The highest BCUT2D eigenvalue weighted by molar-refractivity contribution is 7.47. The first kappa shape index (κ1) is 39.0. The van der Waals surface area contributed by atoms with Crippen LogP contribution in [0.2, 0.25) is 0 Å². The van der Waals surface area contributed by atoms with Crippen molar-refractivity contribution in [3.63, 3.8) is 0 Å². The SMILES string of the molecule is CCCCCCCCCCCCCCCCCCCC(=O)OCC(O)COP(=O)(O)OCCNC(=O)CCCC. The van der Waals surface area contributed by atoms with Crippen LogP contribution in [0.4, 0.5) is 0 Å². The van der Waals surface area contributed by atoms with Gasteiger partial charge in [0, 0.05) is 19.4 Å². The van der Waals surface area contributed by atoms with Gasteiger partial charge in [0.25, 0.3) is 0 Å². The number of ether oxygens (including phenoxy) is 1. The van der Waals surface area contributed by atoms with Crippen LogP contribution in [0.5, 0.6) is 0 Å². The molecule has 2 unspecified atom stereocenters. The van der Waals surface area contributed by atoms with E-state index in [9.17, 15) is 24.2 Å². The van der Waals surface area contributed by atoms with Crippen molar-refractivity contribution >= 4 is 19.7 Å². The third kappa shape index (κ3) is 28.5. The van der Waals surface area contributed by atoms with Gasteiger partial charge in [-0.2, -0.15) is 0 Å². The van der Waals surface area contributed by atoms with Gasteiger partial charge in [0.05, 0.1) is 13.2 Å².